The van der Waals surface area contributed by atoms with Crippen LogP contribution in [0.3, 0.4) is 0 Å². The first-order chi connectivity index (χ1) is 10.3. The fourth-order valence-electron chi connectivity index (χ4n) is 3.35. The van der Waals surface area contributed by atoms with Crippen LogP contribution in [0.2, 0.25) is 0 Å². The predicted octanol–water partition coefficient (Wildman–Crippen LogP) is 4.03. The van der Waals surface area contributed by atoms with Crippen LogP contribution < -0.4 is 5.32 Å². The molecule has 1 aromatic rings. The van der Waals surface area contributed by atoms with E-state index in [2.05, 4.69) is 54.4 Å². The number of benzene rings is 1. The first-order valence-corrected chi connectivity index (χ1v) is 8.80. The van der Waals surface area contributed by atoms with Gasteiger partial charge in [-0.05, 0) is 69.8 Å². The molecule has 2 unspecified atom stereocenters. The Labute approximate surface area is 130 Å². The number of nitrogens with zero attached hydrogens (tertiary/aromatic N) is 1. The Hall–Kier alpha value is -0.860. The van der Waals surface area contributed by atoms with Crippen LogP contribution in [0, 0.1) is 0 Å². The highest BCUT2D eigenvalue weighted by Gasteiger charge is 2.16. The van der Waals surface area contributed by atoms with E-state index in [4.69, 9.17) is 0 Å². The second-order valence-electron chi connectivity index (χ2n) is 6.52. The summed E-state index contributed by atoms with van der Waals surface area (Å²) in [4.78, 5) is 2.63. The van der Waals surface area contributed by atoms with Gasteiger partial charge in [0.1, 0.15) is 0 Å². The van der Waals surface area contributed by atoms with E-state index >= 15 is 0 Å². The molecular formula is C19H32N2. The van der Waals surface area contributed by atoms with Crippen molar-refractivity contribution in [3.8, 4) is 0 Å². The van der Waals surface area contributed by atoms with Gasteiger partial charge in [0.25, 0.3) is 0 Å². The number of hydrogen-bond acceptors (Lipinski definition) is 2. The lowest BCUT2D eigenvalue weighted by Crippen LogP contribution is -2.32. The van der Waals surface area contributed by atoms with E-state index < -0.39 is 0 Å². The van der Waals surface area contributed by atoms with Crippen molar-refractivity contribution in [2.24, 2.45) is 0 Å². The van der Waals surface area contributed by atoms with E-state index in [1.165, 1.54) is 57.3 Å². The molecule has 0 saturated carbocycles. The lowest BCUT2D eigenvalue weighted by Gasteiger charge is -2.20. The van der Waals surface area contributed by atoms with Crippen molar-refractivity contribution in [2.45, 2.75) is 57.9 Å². The minimum Gasteiger partial charge on any atom is -0.314 e. The summed E-state index contributed by atoms with van der Waals surface area (Å²) >= 11 is 0. The summed E-state index contributed by atoms with van der Waals surface area (Å²) in [7, 11) is 0. The van der Waals surface area contributed by atoms with Crippen molar-refractivity contribution in [1.29, 1.82) is 0 Å². The zero-order chi connectivity index (χ0) is 14.9. The van der Waals surface area contributed by atoms with E-state index in [0.29, 0.717) is 5.92 Å². The summed E-state index contributed by atoms with van der Waals surface area (Å²) in [5.74, 6) is 0.654. The van der Waals surface area contributed by atoms with Crippen molar-refractivity contribution in [3.63, 3.8) is 0 Å². The fourth-order valence-corrected chi connectivity index (χ4v) is 3.35. The Bertz CT molecular complexity index is 376. The molecule has 118 valence electrons. The normalized spacial score (nSPS) is 21.9. The Balaban J connectivity index is 1.66. The van der Waals surface area contributed by atoms with E-state index in [9.17, 15) is 0 Å². The van der Waals surface area contributed by atoms with Gasteiger partial charge in [-0.15, -0.1) is 0 Å². The zero-order valence-corrected chi connectivity index (χ0v) is 13.9. The highest BCUT2D eigenvalue weighted by molar-refractivity contribution is 5.18. The maximum atomic E-state index is 3.80. The molecule has 0 amide bonds. The molecule has 0 aromatic heterocycles. The van der Waals surface area contributed by atoms with Gasteiger partial charge in [0.15, 0.2) is 0 Å². The van der Waals surface area contributed by atoms with Gasteiger partial charge in [0, 0.05) is 6.04 Å². The summed E-state index contributed by atoms with van der Waals surface area (Å²) in [6.45, 7) is 9.62. The van der Waals surface area contributed by atoms with Gasteiger partial charge >= 0.3 is 0 Å². The first kappa shape index (κ1) is 16.5. The van der Waals surface area contributed by atoms with Crippen LogP contribution in [0.25, 0.3) is 0 Å². The van der Waals surface area contributed by atoms with Crippen molar-refractivity contribution in [1.82, 2.24) is 10.2 Å². The molecule has 2 heteroatoms. The van der Waals surface area contributed by atoms with Gasteiger partial charge in [-0.3, -0.25) is 0 Å². The highest BCUT2D eigenvalue weighted by atomic mass is 15.1. The SMILES string of the molecule is CCCN1CCCC(NCCC(C)c2ccccc2)CC1. The molecule has 1 aromatic carbocycles. The summed E-state index contributed by atoms with van der Waals surface area (Å²) in [6, 6.07) is 11.6. The molecule has 0 spiro atoms. The molecular weight excluding hydrogens is 256 g/mol. The number of hydrogen-bond donors (Lipinski definition) is 1. The number of nitrogens with one attached hydrogen (secondary N) is 1. The molecule has 2 atom stereocenters. The van der Waals surface area contributed by atoms with E-state index in [1.54, 1.807) is 0 Å². The quantitative estimate of drug-likeness (QED) is 0.815. The molecule has 2 rings (SSSR count). The van der Waals surface area contributed by atoms with Crippen LogP contribution in [0.15, 0.2) is 30.3 Å². The third-order valence-corrected chi connectivity index (χ3v) is 4.74. The van der Waals surface area contributed by atoms with E-state index in [1.807, 2.05) is 0 Å². The Morgan fingerprint density at radius 3 is 2.76 bits per heavy atom. The molecule has 2 nitrogen and oxygen atoms in total. The fraction of sp³-hybridized carbons (Fsp3) is 0.684. The molecule has 1 aliphatic rings. The van der Waals surface area contributed by atoms with Crippen molar-refractivity contribution in [2.75, 3.05) is 26.2 Å². The van der Waals surface area contributed by atoms with Gasteiger partial charge in [0.2, 0.25) is 0 Å². The van der Waals surface area contributed by atoms with Crippen LogP contribution in [-0.2, 0) is 0 Å². The third-order valence-electron chi connectivity index (χ3n) is 4.74. The van der Waals surface area contributed by atoms with E-state index in [-0.39, 0.29) is 0 Å². The maximum absolute atomic E-state index is 3.80. The van der Waals surface area contributed by atoms with Crippen LogP contribution in [-0.4, -0.2) is 37.1 Å². The zero-order valence-electron chi connectivity index (χ0n) is 13.9. The van der Waals surface area contributed by atoms with Crippen LogP contribution >= 0.6 is 0 Å². The monoisotopic (exact) mass is 288 g/mol. The second kappa shape index (κ2) is 9.22. The Morgan fingerprint density at radius 1 is 1.19 bits per heavy atom. The van der Waals surface area contributed by atoms with Crippen LogP contribution in [0.1, 0.15) is 57.4 Å². The molecule has 1 N–H and O–H groups in total. The summed E-state index contributed by atoms with van der Waals surface area (Å²) in [6.07, 6.45) is 6.54. The lowest BCUT2D eigenvalue weighted by atomic mass is 9.97. The highest BCUT2D eigenvalue weighted by Crippen LogP contribution is 2.18. The van der Waals surface area contributed by atoms with Gasteiger partial charge in [-0.1, -0.05) is 44.2 Å². The molecule has 21 heavy (non-hydrogen) atoms. The molecule has 1 fully saturated rings. The van der Waals surface area contributed by atoms with Crippen molar-refractivity contribution >= 4 is 0 Å². The largest absolute Gasteiger partial charge is 0.314 e. The van der Waals surface area contributed by atoms with E-state index in [0.717, 1.165) is 12.6 Å². The van der Waals surface area contributed by atoms with Gasteiger partial charge in [-0.25, -0.2) is 0 Å². The number of rotatable bonds is 7. The topological polar surface area (TPSA) is 15.3 Å². The maximum Gasteiger partial charge on any atom is 0.00797 e. The van der Waals surface area contributed by atoms with Crippen molar-refractivity contribution in [3.05, 3.63) is 35.9 Å². The Morgan fingerprint density at radius 2 is 2.00 bits per heavy atom. The van der Waals surface area contributed by atoms with Crippen LogP contribution in [0.5, 0.6) is 0 Å². The Kier molecular flexibility index (Phi) is 7.25. The van der Waals surface area contributed by atoms with Crippen molar-refractivity contribution < 1.29 is 0 Å². The average molecular weight is 288 g/mol. The molecule has 1 saturated heterocycles. The lowest BCUT2D eigenvalue weighted by molar-refractivity contribution is 0.282. The molecule has 0 aliphatic carbocycles. The molecule has 0 radical (unpaired) electrons. The van der Waals surface area contributed by atoms with Crippen LogP contribution in [0.4, 0.5) is 0 Å². The molecule has 0 bridgehead atoms. The van der Waals surface area contributed by atoms with Gasteiger partial charge in [0.05, 0.1) is 0 Å². The standard InChI is InChI=1S/C19H32N2/c1-3-14-21-15-7-10-19(12-16-21)20-13-11-17(2)18-8-5-4-6-9-18/h4-6,8-9,17,19-20H,3,7,10-16H2,1-2H3. The third kappa shape index (κ3) is 5.80. The summed E-state index contributed by atoms with van der Waals surface area (Å²) in [5.41, 5.74) is 1.47. The summed E-state index contributed by atoms with van der Waals surface area (Å²) in [5, 5.41) is 3.80. The minimum absolute atomic E-state index is 0.654. The second-order valence-corrected chi connectivity index (χ2v) is 6.52. The number of likely N-dealkylation sites (tertiary alicyclic amines) is 1. The first-order valence-electron chi connectivity index (χ1n) is 8.80. The average Bonchev–Trinajstić information content (AvgIpc) is 2.74. The minimum atomic E-state index is 0.654. The summed E-state index contributed by atoms with van der Waals surface area (Å²) < 4.78 is 0. The van der Waals surface area contributed by atoms with Gasteiger partial charge in [-0.2, -0.15) is 0 Å². The van der Waals surface area contributed by atoms with Gasteiger partial charge < -0.3 is 10.2 Å². The smallest absolute Gasteiger partial charge is 0.00797 e. The molecule has 1 heterocycles. The molecule has 1 aliphatic heterocycles. The predicted molar refractivity (Wildman–Crippen MR) is 91.8 cm³/mol.